The van der Waals surface area contributed by atoms with Crippen LogP contribution in [0.1, 0.15) is 25.7 Å². The van der Waals surface area contributed by atoms with Crippen molar-refractivity contribution in [3.05, 3.63) is 35.6 Å². The van der Waals surface area contributed by atoms with Gasteiger partial charge in [-0.3, -0.25) is 0 Å². The molecule has 0 aromatic heterocycles. The monoisotopic (exact) mass is 160 g/mol. The highest BCUT2D eigenvalue weighted by Crippen LogP contribution is 2.22. The van der Waals surface area contributed by atoms with Crippen molar-refractivity contribution in [2.45, 2.75) is 25.7 Å². The van der Waals surface area contributed by atoms with Crippen molar-refractivity contribution in [2.24, 2.45) is 0 Å². The molecule has 1 N–H and O–H groups in total. The maximum Gasteiger partial charge on any atom is 0.0452 e. The first-order valence-electron chi connectivity index (χ1n) is 4.68. The molecule has 1 aliphatic heterocycles. The van der Waals surface area contributed by atoms with Crippen molar-refractivity contribution in [1.29, 1.82) is 0 Å². The summed E-state index contributed by atoms with van der Waals surface area (Å²) >= 11 is 0. The zero-order valence-electron chi connectivity index (χ0n) is 7.27. The van der Waals surface area contributed by atoms with Gasteiger partial charge in [0.05, 0.1) is 0 Å². The second-order valence-electron chi connectivity index (χ2n) is 3.28. The third-order valence-electron chi connectivity index (χ3n) is 2.35. The van der Waals surface area contributed by atoms with Gasteiger partial charge in [0.1, 0.15) is 0 Å². The van der Waals surface area contributed by atoms with E-state index in [4.69, 9.17) is 0 Å². The van der Waals surface area contributed by atoms with Crippen molar-refractivity contribution in [1.82, 2.24) is 5.32 Å². The molecular formula is C11H14N. The average molecular weight is 160 g/mol. The Labute approximate surface area is 73.9 Å². The van der Waals surface area contributed by atoms with Crippen LogP contribution in [0.15, 0.2) is 29.5 Å². The fourth-order valence-electron chi connectivity index (χ4n) is 1.68. The molecule has 0 saturated heterocycles. The molecule has 1 aliphatic carbocycles. The van der Waals surface area contributed by atoms with Gasteiger partial charge in [0.2, 0.25) is 0 Å². The summed E-state index contributed by atoms with van der Waals surface area (Å²) in [6, 6.07) is 0. The Morgan fingerprint density at radius 2 is 2.33 bits per heavy atom. The largest absolute Gasteiger partial charge is 0.381 e. The fraction of sp³-hybridized carbons (Fsp3) is 0.455. The molecule has 0 aromatic carbocycles. The maximum atomic E-state index is 3.34. The predicted octanol–water partition coefficient (Wildman–Crippen LogP) is 2.33. The molecule has 0 spiro atoms. The van der Waals surface area contributed by atoms with Crippen LogP contribution in [0, 0.1) is 6.08 Å². The Bertz CT molecular complexity index is 246. The second-order valence-corrected chi connectivity index (χ2v) is 3.28. The summed E-state index contributed by atoms with van der Waals surface area (Å²) in [5, 5.41) is 3.34. The molecule has 2 rings (SSSR count). The fourth-order valence-corrected chi connectivity index (χ4v) is 1.68. The predicted molar refractivity (Wildman–Crippen MR) is 50.4 cm³/mol. The quantitative estimate of drug-likeness (QED) is 0.620. The van der Waals surface area contributed by atoms with Crippen molar-refractivity contribution in [2.75, 3.05) is 6.54 Å². The SMILES string of the molecule is [C]1=C(C2=CCCCC2)NCC=C1. The van der Waals surface area contributed by atoms with Crippen LogP contribution in [-0.4, -0.2) is 6.54 Å². The van der Waals surface area contributed by atoms with E-state index >= 15 is 0 Å². The Balaban J connectivity index is 2.11. The summed E-state index contributed by atoms with van der Waals surface area (Å²) in [6.07, 6.45) is 14.9. The zero-order valence-corrected chi connectivity index (χ0v) is 7.27. The van der Waals surface area contributed by atoms with E-state index in [1.165, 1.54) is 37.0 Å². The van der Waals surface area contributed by atoms with Gasteiger partial charge in [-0.15, -0.1) is 0 Å². The standard InChI is InChI=1S/C11H14N/c1-2-6-10(7-3-1)11-8-4-5-9-12-11/h4-6,12H,1-3,7,9H2. The molecule has 1 nitrogen and oxygen atoms in total. The number of dihydropyridines is 1. The van der Waals surface area contributed by atoms with Crippen LogP contribution in [0.3, 0.4) is 0 Å². The highest BCUT2D eigenvalue weighted by Gasteiger charge is 2.08. The van der Waals surface area contributed by atoms with Crippen molar-refractivity contribution in [3.8, 4) is 0 Å². The molecule has 2 aliphatic rings. The third-order valence-corrected chi connectivity index (χ3v) is 2.35. The zero-order chi connectivity index (χ0) is 8.23. The van der Waals surface area contributed by atoms with Crippen LogP contribution in [0.5, 0.6) is 0 Å². The molecule has 1 radical (unpaired) electrons. The first-order chi connectivity index (χ1) is 5.97. The smallest absolute Gasteiger partial charge is 0.0452 e. The first kappa shape index (κ1) is 7.66. The van der Waals surface area contributed by atoms with Gasteiger partial charge in [0.25, 0.3) is 0 Å². The van der Waals surface area contributed by atoms with Crippen molar-refractivity contribution < 1.29 is 0 Å². The van der Waals surface area contributed by atoms with E-state index in [9.17, 15) is 0 Å². The Morgan fingerprint density at radius 3 is 3.00 bits per heavy atom. The van der Waals surface area contributed by atoms with Crippen LogP contribution < -0.4 is 5.32 Å². The lowest BCUT2D eigenvalue weighted by Crippen LogP contribution is -2.18. The lowest BCUT2D eigenvalue weighted by molar-refractivity contribution is 0.691. The minimum absolute atomic E-state index is 0.958. The van der Waals surface area contributed by atoms with E-state index in [1.54, 1.807) is 0 Å². The summed E-state index contributed by atoms with van der Waals surface area (Å²) in [5.74, 6) is 0. The van der Waals surface area contributed by atoms with Crippen LogP contribution in [0.25, 0.3) is 0 Å². The minimum Gasteiger partial charge on any atom is -0.381 e. The number of nitrogens with one attached hydrogen (secondary N) is 1. The molecule has 63 valence electrons. The maximum absolute atomic E-state index is 3.34. The molecule has 0 unspecified atom stereocenters. The molecule has 0 amide bonds. The number of hydrogen-bond donors (Lipinski definition) is 1. The van der Waals surface area contributed by atoms with Gasteiger partial charge in [-0.2, -0.15) is 0 Å². The van der Waals surface area contributed by atoms with Crippen molar-refractivity contribution >= 4 is 0 Å². The molecule has 0 fully saturated rings. The molecule has 1 heteroatoms. The Morgan fingerprint density at radius 1 is 1.33 bits per heavy atom. The highest BCUT2D eigenvalue weighted by molar-refractivity contribution is 5.32. The van der Waals surface area contributed by atoms with E-state index in [0.29, 0.717) is 0 Å². The first-order valence-corrected chi connectivity index (χ1v) is 4.68. The summed E-state index contributed by atoms with van der Waals surface area (Å²) < 4.78 is 0. The second kappa shape index (κ2) is 3.61. The summed E-state index contributed by atoms with van der Waals surface area (Å²) in [7, 11) is 0. The lowest BCUT2D eigenvalue weighted by Gasteiger charge is -2.18. The third kappa shape index (κ3) is 1.60. The molecule has 0 saturated carbocycles. The van der Waals surface area contributed by atoms with Gasteiger partial charge < -0.3 is 5.32 Å². The van der Waals surface area contributed by atoms with E-state index in [2.05, 4.69) is 23.5 Å². The summed E-state index contributed by atoms with van der Waals surface area (Å²) in [6.45, 7) is 0.958. The van der Waals surface area contributed by atoms with Gasteiger partial charge in [-0.1, -0.05) is 18.2 Å². The molecule has 1 heterocycles. The summed E-state index contributed by atoms with van der Waals surface area (Å²) in [5.41, 5.74) is 2.68. The Kier molecular flexibility index (Phi) is 2.31. The van der Waals surface area contributed by atoms with Gasteiger partial charge in [0, 0.05) is 18.3 Å². The average Bonchev–Trinajstić information content (AvgIpc) is 2.21. The van der Waals surface area contributed by atoms with Gasteiger partial charge in [-0.05, 0) is 31.3 Å². The minimum atomic E-state index is 0.958. The van der Waals surface area contributed by atoms with Crippen LogP contribution in [-0.2, 0) is 0 Å². The van der Waals surface area contributed by atoms with E-state index < -0.39 is 0 Å². The van der Waals surface area contributed by atoms with E-state index in [0.717, 1.165) is 6.54 Å². The topological polar surface area (TPSA) is 12.0 Å². The number of hydrogen-bond acceptors (Lipinski definition) is 1. The molecule has 12 heavy (non-hydrogen) atoms. The molecule has 0 aromatic rings. The molecule has 0 bridgehead atoms. The van der Waals surface area contributed by atoms with E-state index in [-0.39, 0.29) is 0 Å². The van der Waals surface area contributed by atoms with Crippen molar-refractivity contribution in [3.63, 3.8) is 0 Å². The van der Waals surface area contributed by atoms with Gasteiger partial charge in [-0.25, -0.2) is 0 Å². The number of allylic oxidation sites excluding steroid dienone is 4. The normalized spacial score (nSPS) is 22.7. The summed E-state index contributed by atoms with van der Waals surface area (Å²) in [4.78, 5) is 0. The van der Waals surface area contributed by atoms with Crippen LogP contribution >= 0.6 is 0 Å². The lowest BCUT2D eigenvalue weighted by atomic mass is 9.96. The Hall–Kier alpha value is -0.980. The van der Waals surface area contributed by atoms with Crippen LogP contribution in [0.4, 0.5) is 0 Å². The number of rotatable bonds is 1. The van der Waals surface area contributed by atoms with E-state index in [1.807, 2.05) is 6.08 Å². The molecular weight excluding hydrogens is 146 g/mol. The molecule has 0 atom stereocenters. The van der Waals surface area contributed by atoms with Crippen LogP contribution in [0.2, 0.25) is 0 Å². The highest BCUT2D eigenvalue weighted by atomic mass is 14.9. The van der Waals surface area contributed by atoms with Gasteiger partial charge in [0.15, 0.2) is 0 Å². The van der Waals surface area contributed by atoms with Gasteiger partial charge >= 0.3 is 0 Å².